The Hall–Kier alpha value is -1.59. The van der Waals surface area contributed by atoms with E-state index >= 15 is 0 Å². The van der Waals surface area contributed by atoms with E-state index in [2.05, 4.69) is 9.55 Å². The van der Waals surface area contributed by atoms with E-state index in [4.69, 9.17) is 0 Å². The predicted molar refractivity (Wildman–Crippen MR) is 96.2 cm³/mol. The maximum atomic E-state index is 12.3. The summed E-state index contributed by atoms with van der Waals surface area (Å²) in [5.74, 6) is 1.14. The molecule has 0 spiro atoms. The van der Waals surface area contributed by atoms with Gasteiger partial charge < -0.3 is 9.67 Å². The number of carbonyl (C=O) groups is 1. The molecule has 0 radical (unpaired) electrons. The second kappa shape index (κ2) is 8.49. The number of benzene rings is 1. The van der Waals surface area contributed by atoms with E-state index < -0.39 is 0 Å². The molecule has 0 atom stereocenters. The second-order valence-corrected chi connectivity index (χ2v) is 7.33. The molecule has 2 aromatic rings. The zero-order valence-electron chi connectivity index (χ0n) is 13.9. The number of Topliss-reactive ketones (excluding diaryl/α,β-unsaturated/α-hetero) is 1. The van der Waals surface area contributed by atoms with Crippen LogP contribution in [-0.4, -0.2) is 26.2 Å². The Bertz CT molecular complexity index is 663. The molecule has 0 bridgehead atoms. The van der Waals surface area contributed by atoms with Crippen LogP contribution in [-0.2, 0) is 13.2 Å². The molecule has 4 nitrogen and oxygen atoms in total. The first kappa shape index (κ1) is 17.2. The Morgan fingerprint density at radius 3 is 2.67 bits per heavy atom. The molecule has 0 unspecified atom stereocenters. The lowest BCUT2D eigenvalue weighted by Gasteiger charge is -2.23. The molecule has 0 amide bonds. The monoisotopic (exact) mass is 344 g/mol. The number of aliphatic hydroxyl groups excluding tert-OH is 1. The highest BCUT2D eigenvalue weighted by molar-refractivity contribution is 7.99. The largest absolute Gasteiger partial charge is 0.390 e. The van der Waals surface area contributed by atoms with Crippen molar-refractivity contribution in [1.82, 2.24) is 9.55 Å². The minimum absolute atomic E-state index is 0.00703. The summed E-state index contributed by atoms with van der Waals surface area (Å²) in [4.78, 5) is 16.7. The van der Waals surface area contributed by atoms with Crippen LogP contribution in [0.2, 0.25) is 0 Å². The normalized spacial score (nSPS) is 15.5. The molecule has 1 aromatic carbocycles. The number of carbonyl (C=O) groups excluding carboxylic acids is 1. The van der Waals surface area contributed by atoms with Gasteiger partial charge in [0.05, 0.1) is 24.3 Å². The van der Waals surface area contributed by atoms with Gasteiger partial charge in [-0.15, -0.1) is 0 Å². The van der Waals surface area contributed by atoms with Crippen molar-refractivity contribution in [1.29, 1.82) is 0 Å². The third-order valence-electron chi connectivity index (χ3n) is 4.66. The van der Waals surface area contributed by atoms with Gasteiger partial charge in [0.2, 0.25) is 0 Å². The molecule has 24 heavy (non-hydrogen) atoms. The molecular weight excluding hydrogens is 320 g/mol. The van der Waals surface area contributed by atoms with Gasteiger partial charge in [-0.25, -0.2) is 4.98 Å². The smallest absolute Gasteiger partial charge is 0.173 e. The highest BCUT2D eigenvalue weighted by Crippen LogP contribution is 2.28. The highest BCUT2D eigenvalue weighted by atomic mass is 32.2. The van der Waals surface area contributed by atoms with Gasteiger partial charge >= 0.3 is 0 Å². The van der Waals surface area contributed by atoms with E-state index in [9.17, 15) is 9.90 Å². The predicted octanol–water partition coefficient (Wildman–Crippen LogP) is 3.93. The van der Waals surface area contributed by atoms with Crippen molar-refractivity contribution in [3.05, 3.63) is 47.8 Å². The first-order valence-electron chi connectivity index (χ1n) is 8.64. The first-order valence-corrected chi connectivity index (χ1v) is 9.63. The van der Waals surface area contributed by atoms with Crippen LogP contribution in [0.5, 0.6) is 0 Å². The lowest BCUT2D eigenvalue weighted by atomic mass is 9.89. The zero-order chi connectivity index (χ0) is 16.8. The number of ketones is 1. The van der Waals surface area contributed by atoms with Crippen LogP contribution < -0.4 is 0 Å². The van der Waals surface area contributed by atoms with Gasteiger partial charge in [0.1, 0.15) is 0 Å². The minimum Gasteiger partial charge on any atom is -0.390 e. The van der Waals surface area contributed by atoms with Gasteiger partial charge in [0, 0.05) is 12.1 Å². The van der Waals surface area contributed by atoms with Crippen molar-refractivity contribution in [2.45, 2.75) is 50.4 Å². The van der Waals surface area contributed by atoms with Gasteiger partial charge in [-0.3, -0.25) is 4.79 Å². The molecule has 5 heteroatoms. The van der Waals surface area contributed by atoms with Crippen molar-refractivity contribution in [3.63, 3.8) is 0 Å². The fraction of sp³-hybridized carbons (Fsp3) is 0.474. The average Bonchev–Trinajstić information content (AvgIpc) is 3.03. The van der Waals surface area contributed by atoms with Crippen LogP contribution in [0.4, 0.5) is 0 Å². The minimum atomic E-state index is -0.00703. The quantitative estimate of drug-likeness (QED) is 0.611. The third-order valence-corrected chi connectivity index (χ3v) is 5.65. The van der Waals surface area contributed by atoms with E-state index in [1.807, 2.05) is 30.3 Å². The molecule has 1 N–H and O–H groups in total. The Kier molecular flexibility index (Phi) is 6.10. The van der Waals surface area contributed by atoms with Crippen LogP contribution >= 0.6 is 11.8 Å². The zero-order valence-corrected chi connectivity index (χ0v) is 14.7. The van der Waals surface area contributed by atoms with Crippen molar-refractivity contribution in [2.24, 2.45) is 5.92 Å². The SMILES string of the molecule is O=C(CSc1ncc(CO)n1CC1CCCCC1)c1ccccc1. The van der Waals surface area contributed by atoms with Crippen molar-refractivity contribution < 1.29 is 9.90 Å². The summed E-state index contributed by atoms with van der Waals surface area (Å²) in [7, 11) is 0. The van der Waals surface area contributed by atoms with E-state index in [1.54, 1.807) is 6.20 Å². The van der Waals surface area contributed by atoms with Gasteiger partial charge in [-0.1, -0.05) is 61.4 Å². The van der Waals surface area contributed by atoms with Crippen LogP contribution in [0.25, 0.3) is 0 Å². The van der Waals surface area contributed by atoms with Gasteiger partial charge in [0.15, 0.2) is 10.9 Å². The summed E-state index contributed by atoms with van der Waals surface area (Å²) in [6, 6.07) is 9.36. The van der Waals surface area contributed by atoms with Crippen molar-refractivity contribution >= 4 is 17.5 Å². The van der Waals surface area contributed by atoms with Crippen LogP contribution in [0.1, 0.15) is 48.2 Å². The molecule has 1 fully saturated rings. The van der Waals surface area contributed by atoms with Crippen LogP contribution in [0.15, 0.2) is 41.7 Å². The number of thioether (sulfide) groups is 1. The molecule has 0 saturated heterocycles. The number of imidazole rings is 1. The number of hydrogen-bond acceptors (Lipinski definition) is 4. The summed E-state index contributed by atoms with van der Waals surface area (Å²) in [5.41, 5.74) is 1.58. The van der Waals surface area contributed by atoms with Gasteiger partial charge in [-0.05, 0) is 18.8 Å². The first-order chi connectivity index (χ1) is 11.8. The summed E-state index contributed by atoms with van der Waals surface area (Å²) in [5, 5.41) is 10.4. The highest BCUT2D eigenvalue weighted by Gasteiger charge is 2.19. The topological polar surface area (TPSA) is 55.1 Å². The Labute approximate surface area is 147 Å². The maximum Gasteiger partial charge on any atom is 0.173 e. The summed E-state index contributed by atoms with van der Waals surface area (Å²) in [6.45, 7) is 0.894. The fourth-order valence-corrected chi connectivity index (χ4v) is 4.20. The molecule has 1 aliphatic carbocycles. The standard InChI is InChI=1S/C19H24N2O2S/c22-13-17-11-20-19(21(17)12-15-7-3-1-4-8-15)24-14-18(23)16-9-5-2-6-10-16/h2,5-6,9-11,15,22H,1,3-4,7-8,12-14H2. The van der Waals surface area contributed by atoms with E-state index in [0.29, 0.717) is 11.7 Å². The molecule has 0 aliphatic heterocycles. The molecule has 1 aliphatic rings. The third kappa shape index (κ3) is 4.28. The summed E-state index contributed by atoms with van der Waals surface area (Å²) >= 11 is 1.47. The van der Waals surface area contributed by atoms with Crippen LogP contribution in [0, 0.1) is 5.92 Å². The molecule has 3 rings (SSSR count). The lowest BCUT2D eigenvalue weighted by molar-refractivity contribution is 0.102. The molecule has 1 aromatic heterocycles. The number of nitrogens with zero attached hydrogens (tertiary/aromatic N) is 2. The average molecular weight is 344 g/mol. The summed E-state index contributed by atoms with van der Waals surface area (Å²) in [6.07, 6.45) is 8.15. The summed E-state index contributed by atoms with van der Waals surface area (Å²) < 4.78 is 2.11. The number of hydrogen-bond donors (Lipinski definition) is 1. The maximum absolute atomic E-state index is 12.3. The van der Waals surface area contributed by atoms with Gasteiger partial charge in [0.25, 0.3) is 0 Å². The number of rotatable bonds is 7. The Morgan fingerprint density at radius 1 is 1.21 bits per heavy atom. The lowest BCUT2D eigenvalue weighted by Crippen LogP contribution is -2.17. The van der Waals surface area contributed by atoms with E-state index in [-0.39, 0.29) is 12.4 Å². The van der Waals surface area contributed by atoms with Gasteiger partial charge in [-0.2, -0.15) is 0 Å². The molecular formula is C19H24N2O2S. The van der Waals surface area contributed by atoms with E-state index in [0.717, 1.165) is 23.0 Å². The molecule has 1 heterocycles. The van der Waals surface area contributed by atoms with Crippen LogP contribution in [0.3, 0.4) is 0 Å². The van der Waals surface area contributed by atoms with Crippen molar-refractivity contribution in [3.8, 4) is 0 Å². The second-order valence-electron chi connectivity index (χ2n) is 6.38. The molecule has 1 saturated carbocycles. The fourth-order valence-electron chi connectivity index (χ4n) is 3.29. The number of aromatic nitrogens is 2. The van der Waals surface area contributed by atoms with Crippen molar-refractivity contribution in [2.75, 3.05) is 5.75 Å². The number of aliphatic hydroxyl groups is 1. The Balaban J connectivity index is 1.66. The molecule has 128 valence electrons. The van der Waals surface area contributed by atoms with E-state index in [1.165, 1.54) is 43.9 Å². The Morgan fingerprint density at radius 2 is 1.96 bits per heavy atom.